The first-order valence-corrected chi connectivity index (χ1v) is 7.33. The number of carbonyl (C=O) groups is 1. The third kappa shape index (κ3) is 3.92. The smallest absolute Gasteiger partial charge is 0.275 e. The lowest BCUT2D eigenvalue weighted by Crippen LogP contribution is -2.14. The predicted molar refractivity (Wildman–Crippen MR) is 90.8 cm³/mol. The number of anilines is 3. The summed E-state index contributed by atoms with van der Waals surface area (Å²) in [5, 5.41) is 5.67. The number of aromatic nitrogens is 2. The molecule has 0 radical (unpaired) electrons. The number of nitrogens with zero attached hydrogens (tertiary/aromatic N) is 2. The lowest BCUT2D eigenvalue weighted by molar-refractivity contribution is 0.102. The summed E-state index contributed by atoms with van der Waals surface area (Å²) in [6.45, 7) is 2.01. The molecular formula is C18H15FN4O. The van der Waals surface area contributed by atoms with Crippen molar-refractivity contribution in [3.8, 4) is 0 Å². The Kier molecular flexibility index (Phi) is 4.47. The summed E-state index contributed by atoms with van der Waals surface area (Å²) in [5.74, 6) is -0.340. The zero-order chi connectivity index (χ0) is 16.9. The van der Waals surface area contributed by atoms with Crippen molar-refractivity contribution in [3.63, 3.8) is 0 Å². The van der Waals surface area contributed by atoms with Gasteiger partial charge < -0.3 is 10.6 Å². The molecule has 0 aliphatic heterocycles. The molecule has 0 spiro atoms. The standard InChI is InChI=1S/C18H15FN4O/c1-12-5-7-14(8-6-12)22-17-11-20-16(10-21-17)18(24)23-15-4-2-3-13(19)9-15/h2-11H,1H3,(H,21,22)(H,23,24). The lowest BCUT2D eigenvalue weighted by Gasteiger charge is -2.07. The average molecular weight is 322 g/mol. The fraction of sp³-hybridized carbons (Fsp3) is 0.0556. The summed E-state index contributed by atoms with van der Waals surface area (Å²) >= 11 is 0. The summed E-state index contributed by atoms with van der Waals surface area (Å²) < 4.78 is 13.1. The molecule has 1 heterocycles. The van der Waals surface area contributed by atoms with Gasteiger partial charge in [0, 0.05) is 11.4 Å². The number of aryl methyl sites for hydroxylation is 1. The Balaban J connectivity index is 1.67. The molecule has 1 aromatic heterocycles. The largest absolute Gasteiger partial charge is 0.339 e. The van der Waals surface area contributed by atoms with Gasteiger partial charge in [-0.15, -0.1) is 0 Å². The van der Waals surface area contributed by atoms with Gasteiger partial charge in [0.15, 0.2) is 0 Å². The van der Waals surface area contributed by atoms with Crippen LogP contribution in [0.2, 0.25) is 0 Å². The molecule has 3 rings (SSSR count). The van der Waals surface area contributed by atoms with E-state index in [0.717, 1.165) is 11.3 Å². The van der Waals surface area contributed by atoms with Crippen LogP contribution in [0.4, 0.5) is 21.6 Å². The molecule has 0 saturated heterocycles. The second-order valence-electron chi connectivity index (χ2n) is 5.24. The minimum Gasteiger partial charge on any atom is -0.339 e. The van der Waals surface area contributed by atoms with Crippen LogP contribution in [0.25, 0.3) is 0 Å². The third-order valence-electron chi connectivity index (χ3n) is 3.29. The summed E-state index contributed by atoms with van der Waals surface area (Å²) in [5.41, 5.74) is 2.56. The number of carbonyl (C=O) groups excluding carboxylic acids is 1. The van der Waals surface area contributed by atoms with Crippen LogP contribution in [0.15, 0.2) is 60.9 Å². The summed E-state index contributed by atoms with van der Waals surface area (Å²) in [4.78, 5) is 20.3. The van der Waals surface area contributed by atoms with Gasteiger partial charge in [-0.1, -0.05) is 23.8 Å². The first kappa shape index (κ1) is 15.6. The molecule has 1 amide bonds. The number of hydrogen-bond donors (Lipinski definition) is 2. The average Bonchev–Trinajstić information content (AvgIpc) is 2.57. The van der Waals surface area contributed by atoms with E-state index in [9.17, 15) is 9.18 Å². The first-order chi connectivity index (χ1) is 11.6. The van der Waals surface area contributed by atoms with Crippen LogP contribution in [0, 0.1) is 12.7 Å². The maximum atomic E-state index is 13.1. The molecule has 0 aliphatic rings. The van der Waals surface area contributed by atoms with Gasteiger partial charge in [-0.2, -0.15) is 0 Å². The maximum absolute atomic E-state index is 13.1. The highest BCUT2D eigenvalue weighted by Gasteiger charge is 2.09. The quantitative estimate of drug-likeness (QED) is 0.764. The molecule has 0 fully saturated rings. The van der Waals surface area contributed by atoms with Gasteiger partial charge in [0.05, 0.1) is 12.4 Å². The Bertz CT molecular complexity index is 848. The van der Waals surface area contributed by atoms with Gasteiger partial charge in [0.2, 0.25) is 0 Å². The molecule has 0 aliphatic carbocycles. The van der Waals surface area contributed by atoms with E-state index < -0.39 is 11.7 Å². The monoisotopic (exact) mass is 322 g/mol. The van der Waals surface area contributed by atoms with Crippen LogP contribution in [0.5, 0.6) is 0 Å². The number of rotatable bonds is 4. The van der Waals surface area contributed by atoms with E-state index in [2.05, 4.69) is 20.6 Å². The summed E-state index contributed by atoms with van der Waals surface area (Å²) in [7, 11) is 0. The van der Waals surface area contributed by atoms with Crippen LogP contribution >= 0.6 is 0 Å². The van der Waals surface area contributed by atoms with E-state index in [4.69, 9.17) is 0 Å². The molecular weight excluding hydrogens is 307 g/mol. The van der Waals surface area contributed by atoms with Crippen LogP contribution in [0.3, 0.4) is 0 Å². The van der Waals surface area contributed by atoms with E-state index in [1.165, 1.54) is 30.6 Å². The Labute approximate surface area is 138 Å². The summed E-state index contributed by atoms with van der Waals surface area (Å²) in [6.07, 6.45) is 2.84. The van der Waals surface area contributed by atoms with E-state index in [1.54, 1.807) is 6.07 Å². The third-order valence-corrected chi connectivity index (χ3v) is 3.29. The molecule has 6 heteroatoms. The molecule has 2 aromatic carbocycles. The zero-order valence-corrected chi connectivity index (χ0v) is 13.0. The van der Waals surface area contributed by atoms with Gasteiger partial charge in [-0.05, 0) is 37.3 Å². The fourth-order valence-electron chi connectivity index (χ4n) is 2.06. The Morgan fingerprint density at radius 2 is 1.79 bits per heavy atom. The van der Waals surface area contributed by atoms with Crippen molar-refractivity contribution in [2.24, 2.45) is 0 Å². The van der Waals surface area contributed by atoms with Crippen LogP contribution in [-0.4, -0.2) is 15.9 Å². The maximum Gasteiger partial charge on any atom is 0.275 e. The fourth-order valence-corrected chi connectivity index (χ4v) is 2.06. The van der Waals surface area contributed by atoms with Crippen molar-refractivity contribution >= 4 is 23.1 Å². The van der Waals surface area contributed by atoms with Gasteiger partial charge in [0.25, 0.3) is 5.91 Å². The normalized spacial score (nSPS) is 10.2. The van der Waals surface area contributed by atoms with Gasteiger partial charge >= 0.3 is 0 Å². The van der Waals surface area contributed by atoms with Crippen molar-refractivity contribution in [2.45, 2.75) is 6.92 Å². The topological polar surface area (TPSA) is 66.9 Å². The van der Waals surface area contributed by atoms with E-state index in [0.29, 0.717) is 11.5 Å². The molecule has 2 N–H and O–H groups in total. The van der Waals surface area contributed by atoms with Crippen LogP contribution in [-0.2, 0) is 0 Å². The molecule has 0 bridgehead atoms. The molecule has 0 atom stereocenters. The number of nitrogens with one attached hydrogen (secondary N) is 2. The number of amides is 1. The second-order valence-corrected chi connectivity index (χ2v) is 5.24. The van der Waals surface area contributed by atoms with E-state index in [-0.39, 0.29) is 5.69 Å². The van der Waals surface area contributed by atoms with Gasteiger partial charge in [0.1, 0.15) is 17.3 Å². The number of halogens is 1. The lowest BCUT2D eigenvalue weighted by atomic mass is 10.2. The second kappa shape index (κ2) is 6.87. The zero-order valence-electron chi connectivity index (χ0n) is 13.0. The van der Waals surface area contributed by atoms with Gasteiger partial charge in [-0.25, -0.2) is 14.4 Å². The van der Waals surface area contributed by atoms with Gasteiger partial charge in [-0.3, -0.25) is 4.79 Å². The van der Waals surface area contributed by atoms with Crippen molar-refractivity contribution in [3.05, 3.63) is 78.0 Å². The summed E-state index contributed by atoms with van der Waals surface area (Å²) in [6, 6.07) is 13.5. The van der Waals surface area contributed by atoms with E-state index >= 15 is 0 Å². The number of hydrogen-bond acceptors (Lipinski definition) is 4. The minimum absolute atomic E-state index is 0.147. The molecule has 5 nitrogen and oxygen atoms in total. The minimum atomic E-state index is -0.449. The first-order valence-electron chi connectivity index (χ1n) is 7.33. The molecule has 0 saturated carbocycles. The highest BCUT2D eigenvalue weighted by Crippen LogP contribution is 2.15. The predicted octanol–water partition coefficient (Wildman–Crippen LogP) is 3.92. The van der Waals surface area contributed by atoms with Crippen molar-refractivity contribution in [1.82, 2.24) is 9.97 Å². The van der Waals surface area contributed by atoms with Crippen LogP contribution < -0.4 is 10.6 Å². The highest BCUT2D eigenvalue weighted by molar-refractivity contribution is 6.02. The molecule has 24 heavy (non-hydrogen) atoms. The highest BCUT2D eigenvalue weighted by atomic mass is 19.1. The molecule has 0 unspecified atom stereocenters. The molecule has 120 valence electrons. The Morgan fingerprint density at radius 1 is 1.00 bits per heavy atom. The van der Waals surface area contributed by atoms with Crippen molar-refractivity contribution < 1.29 is 9.18 Å². The van der Waals surface area contributed by atoms with Crippen molar-refractivity contribution in [1.29, 1.82) is 0 Å². The Hall–Kier alpha value is -3.28. The molecule has 3 aromatic rings. The SMILES string of the molecule is Cc1ccc(Nc2cnc(C(=O)Nc3cccc(F)c3)cn2)cc1. The van der Waals surface area contributed by atoms with E-state index in [1.807, 2.05) is 31.2 Å². The Morgan fingerprint density at radius 3 is 2.46 bits per heavy atom. The number of benzene rings is 2. The van der Waals surface area contributed by atoms with Crippen LogP contribution in [0.1, 0.15) is 16.1 Å². The van der Waals surface area contributed by atoms with Crippen molar-refractivity contribution in [2.75, 3.05) is 10.6 Å².